The quantitative estimate of drug-likeness (QED) is 0.884. The third-order valence-corrected chi connectivity index (χ3v) is 4.14. The number of rotatable bonds is 2. The summed E-state index contributed by atoms with van der Waals surface area (Å²) in [5, 5.41) is 3.43. The van der Waals surface area contributed by atoms with Crippen molar-refractivity contribution in [2.24, 2.45) is 5.92 Å². The van der Waals surface area contributed by atoms with Crippen LogP contribution in [0.5, 0.6) is 5.88 Å². The minimum Gasteiger partial charge on any atom is -0.480 e. The van der Waals surface area contributed by atoms with E-state index in [0.717, 1.165) is 36.0 Å². The molecule has 0 bridgehead atoms. The van der Waals surface area contributed by atoms with Crippen molar-refractivity contribution in [3.05, 3.63) is 10.7 Å². The Bertz CT molecular complexity index is 428. The van der Waals surface area contributed by atoms with Gasteiger partial charge in [-0.15, -0.1) is 0 Å². The summed E-state index contributed by atoms with van der Waals surface area (Å²) in [7, 11) is 1.63. The summed E-state index contributed by atoms with van der Waals surface area (Å²) in [6, 6.07) is 0.542. The predicted molar refractivity (Wildman–Crippen MR) is 68.4 cm³/mol. The number of nitrogens with one attached hydrogen (secondary N) is 1. The third-order valence-electron chi connectivity index (χ3n) is 3.59. The van der Waals surface area contributed by atoms with E-state index in [9.17, 15) is 0 Å². The summed E-state index contributed by atoms with van der Waals surface area (Å²) in [5.41, 5.74) is 0. The Morgan fingerprint density at radius 1 is 1.53 bits per heavy atom. The number of aromatic nitrogens is 2. The molecule has 1 aromatic heterocycles. The van der Waals surface area contributed by atoms with Crippen LogP contribution in [0, 0.1) is 5.92 Å². The molecule has 5 nitrogen and oxygen atoms in total. The highest BCUT2D eigenvalue weighted by Gasteiger charge is 2.38. The highest BCUT2D eigenvalue weighted by Crippen LogP contribution is 2.31. The second-order valence-electron chi connectivity index (χ2n) is 4.49. The molecule has 2 aliphatic heterocycles. The van der Waals surface area contributed by atoms with E-state index in [1.54, 1.807) is 13.3 Å². The summed E-state index contributed by atoms with van der Waals surface area (Å²) in [4.78, 5) is 11.1. The number of ether oxygens (including phenoxy) is 1. The van der Waals surface area contributed by atoms with Gasteiger partial charge in [0.2, 0.25) is 11.8 Å². The van der Waals surface area contributed by atoms with Crippen molar-refractivity contribution in [2.45, 2.75) is 12.5 Å². The molecule has 3 rings (SSSR count). The molecule has 0 spiro atoms. The summed E-state index contributed by atoms with van der Waals surface area (Å²) >= 11 is 3.37. The minimum absolute atomic E-state index is 0.542. The lowest BCUT2D eigenvalue weighted by atomic mass is 10.1. The molecular weight excluding hydrogens is 284 g/mol. The van der Waals surface area contributed by atoms with Crippen LogP contribution in [0.1, 0.15) is 6.42 Å². The molecule has 6 heteroatoms. The van der Waals surface area contributed by atoms with Crippen LogP contribution in [-0.2, 0) is 0 Å². The van der Waals surface area contributed by atoms with Gasteiger partial charge in [0, 0.05) is 25.7 Å². The monoisotopic (exact) mass is 298 g/mol. The first-order valence-electron chi connectivity index (χ1n) is 5.83. The molecule has 0 unspecified atom stereocenters. The molecule has 17 heavy (non-hydrogen) atoms. The van der Waals surface area contributed by atoms with Gasteiger partial charge in [0.25, 0.3) is 0 Å². The summed E-state index contributed by atoms with van der Waals surface area (Å²) in [6.45, 7) is 3.20. The van der Waals surface area contributed by atoms with E-state index in [1.165, 1.54) is 6.42 Å². The number of nitrogens with zero attached hydrogens (tertiary/aromatic N) is 3. The molecular formula is C11H15BrN4O. The van der Waals surface area contributed by atoms with Crippen LogP contribution in [0.3, 0.4) is 0 Å². The van der Waals surface area contributed by atoms with Gasteiger partial charge < -0.3 is 15.0 Å². The SMILES string of the molecule is COc1nc(N2CC[C@H]3CNC[C@H]32)ncc1Br. The van der Waals surface area contributed by atoms with Gasteiger partial charge in [-0.2, -0.15) is 4.98 Å². The second-order valence-corrected chi connectivity index (χ2v) is 5.35. The normalized spacial score (nSPS) is 27.3. The summed E-state index contributed by atoms with van der Waals surface area (Å²) in [5.74, 6) is 2.12. The molecule has 0 radical (unpaired) electrons. The van der Waals surface area contributed by atoms with Gasteiger partial charge >= 0.3 is 0 Å². The Labute approximate surface area is 109 Å². The van der Waals surface area contributed by atoms with E-state index >= 15 is 0 Å². The fourth-order valence-corrected chi connectivity index (χ4v) is 3.07. The average molecular weight is 299 g/mol. The van der Waals surface area contributed by atoms with Gasteiger partial charge in [0.05, 0.1) is 17.8 Å². The van der Waals surface area contributed by atoms with Crippen molar-refractivity contribution in [1.82, 2.24) is 15.3 Å². The first-order chi connectivity index (χ1) is 8.29. The second kappa shape index (κ2) is 4.42. The van der Waals surface area contributed by atoms with E-state index in [2.05, 4.69) is 36.1 Å². The Morgan fingerprint density at radius 3 is 3.24 bits per heavy atom. The molecule has 1 aromatic rings. The zero-order chi connectivity index (χ0) is 11.8. The van der Waals surface area contributed by atoms with E-state index < -0.39 is 0 Å². The topological polar surface area (TPSA) is 50.3 Å². The number of halogens is 1. The van der Waals surface area contributed by atoms with Crippen molar-refractivity contribution in [2.75, 3.05) is 31.6 Å². The maximum absolute atomic E-state index is 5.22. The number of hydrogen-bond acceptors (Lipinski definition) is 5. The Kier molecular flexibility index (Phi) is 2.92. The lowest BCUT2D eigenvalue weighted by Gasteiger charge is -2.23. The van der Waals surface area contributed by atoms with Gasteiger partial charge in [-0.25, -0.2) is 4.98 Å². The molecule has 2 aliphatic rings. The van der Waals surface area contributed by atoms with Crippen molar-refractivity contribution < 1.29 is 4.74 Å². The molecule has 0 aromatic carbocycles. The molecule has 1 N–H and O–H groups in total. The molecule has 3 heterocycles. The van der Waals surface area contributed by atoms with Crippen LogP contribution in [0.15, 0.2) is 10.7 Å². The van der Waals surface area contributed by atoms with Crippen LogP contribution < -0.4 is 15.0 Å². The molecule has 2 atom stereocenters. The lowest BCUT2D eigenvalue weighted by Crippen LogP contribution is -2.35. The standard InChI is InChI=1S/C11H15BrN4O/c1-17-10-8(12)5-14-11(15-10)16-3-2-7-4-13-6-9(7)16/h5,7,9,13H,2-4,6H2,1H3/t7-,9+/m0/s1. The summed E-state index contributed by atoms with van der Waals surface area (Å²) < 4.78 is 6.01. The third kappa shape index (κ3) is 1.89. The Hall–Kier alpha value is -0.880. The van der Waals surface area contributed by atoms with Crippen molar-refractivity contribution >= 4 is 21.9 Å². The van der Waals surface area contributed by atoms with E-state index in [-0.39, 0.29) is 0 Å². The highest BCUT2D eigenvalue weighted by atomic mass is 79.9. The van der Waals surface area contributed by atoms with Crippen LogP contribution in [0.4, 0.5) is 5.95 Å². The average Bonchev–Trinajstić information content (AvgIpc) is 2.92. The van der Waals surface area contributed by atoms with Gasteiger partial charge in [-0.3, -0.25) is 0 Å². The molecule has 0 aliphatic carbocycles. The van der Waals surface area contributed by atoms with Crippen LogP contribution in [-0.4, -0.2) is 42.8 Å². The minimum atomic E-state index is 0.542. The van der Waals surface area contributed by atoms with E-state index in [1.807, 2.05) is 0 Å². The zero-order valence-electron chi connectivity index (χ0n) is 9.69. The number of fused-ring (bicyclic) bond motifs is 1. The molecule has 2 fully saturated rings. The van der Waals surface area contributed by atoms with Gasteiger partial charge in [0.1, 0.15) is 0 Å². The largest absolute Gasteiger partial charge is 0.480 e. The van der Waals surface area contributed by atoms with Gasteiger partial charge in [0.15, 0.2) is 0 Å². The fraction of sp³-hybridized carbons (Fsp3) is 0.636. The fourth-order valence-electron chi connectivity index (χ4n) is 2.72. The summed E-state index contributed by atoms with van der Waals surface area (Å²) in [6.07, 6.45) is 2.98. The van der Waals surface area contributed by atoms with Crippen molar-refractivity contribution in [1.29, 1.82) is 0 Å². The smallest absolute Gasteiger partial charge is 0.232 e. The zero-order valence-corrected chi connectivity index (χ0v) is 11.3. The van der Waals surface area contributed by atoms with Crippen molar-refractivity contribution in [3.8, 4) is 5.88 Å². The number of methoxy groups -OCH3 is 1. The molecule has 0 amide bonds. The van der Waals surface area contributed by atoms with Crippen molar-refractivity contribution in [3.63, 3.8) is 0 Å². The van der Waals surface area contributed by atoms with Gasteiger partial charge in [-0.1, -0.05) is 0 Å². The lowest BCUT2D eigenvalue weighted by molar-refractivity contribution is 0.393. The van der Waals surface area contributed by atoms with Crippen LogP contribution in [0.2, 0.25) is 0 Å². The Morgan fingerprint density at radius 2 is 2.41 bits per heavy atom. The highest BCUT2D eigenvalue weighted by molar-refractivity contribution is 9.10. The Balaban J connectivity index is 1.89. The predicted octanol–water partition coefficient (Wildman–Crippen LogP) is 1.05. The van der Waals surface area contributed by atoms with Crippen LogP contribution >= 0.6 is 15.9 Å². The van der Waals surface area contributed by atoms with Crippen LogP contribution in [0.25, 0.3) is 0 Å². The molecule has 2 saturated heterocycles. The maximum atomic E-state index is 5.22. The molecule has 92 valence electrons. The van der Waals surface area contributed by atoms with E-state index in [0.29, 0.717) is 11.9 Å². The first-order valence-corrected chi connectivity index (χ1v) is 6.63. The first kappa shape index (κ1) is 11.2. The van der Waals surface area contributed by atoms with Gasteiger partial charge in [-0.05, 0) is 28.3 Å². The maximum Gasteiger partial charge on any atom is 0.232 e. The number of anilines is 1. The van der Waals surface area contributed by atoms with E-state index in [4.69, 9.17) is 4.74 Å². The number of hydrogen-bond donors (Lipinski definition) is 1. The molecule has 0 saturated carbocycles.